The molecule has 0 saturated carbocycles. The van der Waals surface area contributed by atoms with E-state index in [-0.39, 0.29) is 5.91 Å². The van der Waals surface area contributed by atoms with Gasteiger partial charge in [-0.2, -0.15) is 0 Å². The molecule has 154 valence electrons. The van der Waals surface area contributed by atoms with Crippen molar-refractivity contribution >= 4 is 51.0 Å². The van der Waals surface area contributed by atoms with Crippen molar-refractivity contribution in [1.82, 2.24) is 5.32 Å². The van der Waals surface area contributed by atoms with Crippen LogP contribution in [0.5, 0.6) is 0 Å². The minimum absolute atomic E-state index is 0.348. The highest BCUT2D eigenvalue weighted by molar-refractivity contribution is 7.19. The van der Waals surface area contributed by atoms with Crippen LogP contribution in [0.15, 0.2) is 59.7 Å². The minimum Gasteiger partial charge on any atom is -0.398 e. The summed E-state index contributed by atoms with van der Waals surface area (Å²) in [5.41, 5.74) is 14.1. The number of benzene rings is 2. The lowest BCUT2D eigenvalue weighted by Gasteiger charge is -2.21. The van der Waals surface area contributed by atoms with E-state index in [1.54, 1.807) is 18.2 Å². The maximum atomic E-state index is 13.2. The van der Waals surface area contributed by atoms with Gasteiger partial charge in [-0.1, -0.05) is 23.8 Å². The van der Waals surface area contributed by atoms with Gasteiger partial charge in [0.15, 0.2) is 6.21 Å². The number of carbonyl (C=O) groups is 2. The SMILES string of the molecule is CC(C)=C(C(=O)Nc1ccc(N)c(C=[NH2+])c1)C(NC(N)=O)c1cc2ccccc2s1. The van der Waals surface area contributed by atoms with Crippen molar-refractivity contribution in [2.24, 2.45) is 5.73 Å². The zero-order chi connectivity index (χ0) is 21.8. The van der Waals surface area contributed by atoms with Crippen LogP contribution in [0.25, 0.3) is 10.1 Å². The summed E-state index contributed by atoms with van der Waals surface area (Å²) in [4.78, 5) is 25.8. The van der Waals surface area contributed by atoms with Crippen LogP contribution in [0, 0.1) is 0 Å². The first kappa shape index (κ1) is 21.1. The normalized spacial score (nSPS) is 11.5. The molecule has 1 heterocycles. The molecule has 0 aliphatic heterocycles. The average Bonchev–Trinajstić information content (AvgIpc) is 3.12. The Labute approximate surface area is 178 Å². The van der Waals surface area contributed by atoms with Crippen molar-refractivity contribution in [1.29, 1.82) is 0 Å². The molecule has 30 heavy (non-hydrogen) atoms. The molecular weight excluding hydrogens is 398 g/mol. The first-order valence-corrected chi connectivity index (χ1v) is 10.1. The monoisotopic (exact) mass is 422 g/mol. The Kier molecular flexibility index (Phi) is 6.17. The van der Waals surface area contributed by atoms with Crippen molar-refractivity contribution in [2.45, 2.75) is 19.9 Å². The maximum absolute atomic E-state index is 13.2. The number of anilines is 2. The zero-order valence-electron chi connectivity index (χ0n) is 16.7. The molecule has 8 heteroatoms. The van der Waals surface area contributed by atoms with Gasteiger partial charge in [-0.05, 0) is 49.6 Å². The van der Waals surface area contributed by atoms with E-state index in [1.165, 1.54) is 17.6 Å². The van der Waals surface area contributed by atoms with Gasteiger partial charge >= 0.3 is 6.03 Å². The van der Waals surface area contributed by atoms with Gasteiger partial charge in [0, 0.05) is 26.5 Å². The fraction of sp³-hybridized carbons (Fsp3) is 0.136. The molecule has 0 saturated heterocycles. The van der Waals surface area contributed by atoms with Crippen LogP contribution in [-0.4, -0.2) is 18.2 Å². The molecule has 0 aliphatic carbocycles. The smallest absolute Gasteiger partial charge is 0.312 e. The van der Waals surface area contributed by atoms with E-state index in [2.05, 4.69) is 10.6 Å². The van der Waals surface area contributed by atoms with Crippen molar-refractivity contribution in [3.8, 4) is 0 Å². The Hall–Kier alpha value is -3.65. The standard InChI is InChI=1S/C22H23N5O2S/c1-12(2)19(21(28)26-15-7-8-16(24)14(9-15)11-23)20(27-22(25)29)18-10-13-5-3-4-6-17(13)30-18/h3-11,20,23H,24H2,1-2H3,(H,26,28)(H3,25,27,29)/p+1. The molecular formula is C22H24N5O2S+. The quantitative estimate of drug-likeness (QED) is 0.237. The van der Waals surface area contributed by atoms with Gasteiger partial charge in [0.05, 0.1) is 11.6 Å². The number of nitrogens with one attached hydrogen (secondary N) is 2. The molecule has 8 N–H and O–H groups in total. The predicted octanol–water partition coefficient (Wildman–Crippen LogP) is 2.35. The number of rotatable bonds is 6. The molecule has 3 amide bonds. The van der Waals surface area contributed by atoms with Crippen molar-refractivity contribution in [3.05, 3.63) is 70.1 Å². The molecule has 1 atom stereocenters. The van der Waals surface area contributed by atoms with E-state index in [0.29, 0.717) is 22.5 Å². The molecule has 1 aromatic heterocycles. The van der Waals surface area contributed by atoms with Gasteiger partial charge < -0.3 is 22.1 Å². The fourth-order valence-corrected chi connectivity index (χ4v) is 4.34. The van der Waals surface area contributed by atoms with Gasteiger partial charge in [-0.3, -0.25) is 10.2 Å². The number of amides is 3. The zero-order valence-corrected chi connectivity index (χ0v) is 17.5. The molecule has 1 unspecified atom stereocenters. The number of nitrogens with two attached hydrogens (primary N) is 3. The van der Waals surface area contributed by atoms with Crippen LogP contribution in [0.1, 0.15) is 30.3 Å². The number of hydrogen-bond acceptors (Lipinski definition) is 4. The molecule has 3 aromatic rings. The summed E-state index contributed by atoms with van der Waals surface area (Å²) in [5, 5.41) is 12.2. The summed E-state index contributed by atoms with van der Waals surface area (Å²) in [6.45, 7) is 3.64. The number of nitrogen functional groups attached to an aromatic ring is 1. The number of thiophene rings is 1. The fourth-order valence-electron chi connectivity index (χ4n) is 3.21. The summed E-state index contributed by atoms with van der Waals surface area (Å²) < 4.78 is 1.05. The highest BCUT2D eigenvalue weighted by atomic mass is 32.1. The largest absolute Gasteiger partial charge is 0.398 e. The molecule has 0 bridgehead atoms. The Morgan fingerprint density at radius 1 is 1.13 bits per heavy atom. The maximum Gasteiger partial charge on any atom is 0.312 e. The molecule has 0 spiro atoms. The highest BCUT2D eigenvalue weighted by Gasteiger charge is 2.27. The Morgan fingerprint density at radius 2 is 1.87 bits per heavy atom. The van der Waals surface area contributed by atoms with E-state index in [0.717, 1.165) is 20.5 Å². The number of hydrogen-bond donors (Lipinski definition) is 5. The number of urea groups is 1. The first-order chi connectivity index (χ1) is 14.3. The van der Waals surface area contributed by atoms with Crippen LogP contribution < -0.4 is 27.5 Å². The molecule has 0 aliphatic rings. The second-order valence-corrected chi connectivity index (χ2v) is 8.12. The summed E-state index contributed by atoms with van der Waals surface area (Å²) >= 11 is 1.50. The van der Waals surface area contributed by atoms with Gasteiger partial charge in [0.1, 0.15) is 0 Å². The van der Waals surface area contributed by atoms with Gasteiger partial charge in [-0.25, -0.2) is 4.79 Å². The van der Waals surface area contributed by atoms with E-state index < -0.39 is 12.1 Å². The second kappa shape index (κ2) is 8.79. The lowest BCUT2D eigenvalue weighted by atomic mass is 9.99. The molecule has 3 rings (SSSR count). The average molecular weight is 423 g/mol. The van der Waals surface area contributed by atoms with E-state index in [4.69, 9.17) is 16.9 Å². The van der Waals surface area contributed by atoms with Crippen LogP contribution >= 0.6 is 11.3 Å². The predicted molar refractivity (Wildman–Crippen MR) is 122 cm³/mol. The highest BCUT2D eigenvalue weighted by Crippen LogP contribution is 2.35. The Bertz CT molecular complexity index is 1130. The van der Waals surface area contributed by atoms with Crippen LogP contribution in [0.2, 0.25) is 0 Å². The summed E-state index contributed by atoms with van der Waals surface area (Å²) in [7, 11) is 0. The van der Waals surface area contributed by atoms with Crippen molar-refractivity contribution in [3.63, 3.8) is 0 Å². The summed E-state index contributed by atoms with van der Waals surface area (Å²) in [5.74, 6) is -0.348. The van der Waals surface area contributed by atoms with Gasteiger partial charge in [-0.15, -0.1) is 11.3 Å². The van der Waals surface area contributed by atoms with Crippen LogP contribution in [0.4, 0.5) is 16.2 Å². The summed E-state index contributed by atoms with van der Waals surface area (Å²) in [6.07, 6.45) is 1.38. The Balaban J connectivity index is 2.00. The molecule has 2 aromatic carbocycles. The van der Waals surface area contributed by atoms with Crippen LogP contribution in [-0.2, 0) is 4.79 Å². The minimum atomic E-state index is -0.712. The van der Waals surface area contributed by atoms with Crippen molar-refractivity contribution < 1.29 is 15.0 Å². The molecule has 7 nitrogen and oxygen atoms in total. The summed E-state index contributed by atoms with van der Waals surface area (Å²) in [6, 6.07) is 13.5. The number of carbonyl (C=O) groups excluding carboxylic acids is 2. The third-order valence-electron chi connectivity index (χ3n) is 4.61. The third-order valence-corrected chi connectivity index (χ3v) is 5.79. The van der Waals surface area contributed by atoms with Gasteiger partial charge in [0.2, 0.25) is 0 Å². The lowest BCUT2D eigenvalue weighted by Crippen LogP contribution is -2.37. The van der Waals surface area contributed by atoms with E-state index in [9.17, 15) is 9.59 Å². The first-order valence-electron chi connectivity index (χ1n) is 9.27. The van der Waals surface area contributed by atoms with E-state index in [1.807, 2.05) is 44.2 Å². The van der Waals surface area contributed by atoms with Gasteiger partial charge in [0.25, 0.3) is 5.91 Å². The molecule has 0 radical (unpaired) electrons. The van der Waals surface area contributed by atoms with Crippen molar-refractivity contribution in [2.75, 3.05) is 11.1 Å². The number of primary amides is 1. The topological polar surface area (TPSA) is 136 Å². The second-order valence-electron chi connectivity index (χ2n) is 7.01. The van der Waals surface area contributed by atoms with E-state index >= 15 is 0 Å². The lowest BCUT2D eigenvalue weighted by molar-refractivity contribution is -0.113. The Morgan fingerprint density at radius 3 is 2.50 bits per heavy atom. The number of fused-ring (bicyclic) bond motifs is 1. The number of allylic oxidation sites excluding steroid dienone is 1. The van der Waals surface area contributed by atoms with Crippen LogP contribution in [0.3, 0.4) is 0 Å². The molecule has 0 fully saturated rings. The third kappa shape index (κ3) is 4.49.